The Morgan fingerprint density at radius 1 is 1.19 bits per heavy atom. The van der Waals surface area contributed by atoms with Gasteiger partial charge in [0, 0.05) is 12.1 Å². The molecule has 0 heterocycles. The highest BCUT2D eigenvalue weighted by molar-refractivity contribution is 4.93. The van der Waals surface area contributed by atoms with Crippen molar-refractivity contribution in [1.82, 2.24) is 5.32 Å². The van der Waals surface area contributed by atoms with Crippen molar-refractivity contribution in [2.45, 2.75) is 63.8 Å². The third-order valence-corrected chi connectivity index (χ3v) is 4.90. The van der Waals surface area contributed by atoms with Gasteiger partial charge in [-0.25, -0.2) is 0 Å². The zero-order valence-electron chi connectivity index (χ0n) is 10.8. The van der Waals surface area contributed by atoms with Gasteiger partial charge in [-0.05, 0) is 50.5 Å². The molecule has 3 N–H and O–H groups in total. The molecule has 0 aromatic rings. The number of hydrogen-bond donors (Lipinski definition) is 2. The second-order valence-electron chi connectivity index (χ2n) is 6.18. The molecular formula is C14H28N2. The van der Waals surface area contributed by atoms with Gasteiger partial charge in [0.1, 0.15) is 0 Å². The Morgan fingerprint density at radius 2 is 1.88 bits per heavy atom. The zero-order valence-corrected chi connectivity index (χ0v) is 10.8. The average molecular weight is 224 g/mol. The summed E-state index contributed by atoms with van der Waals surface area (Å²) in [7, 11) is 0. The molecule has 16 heavy (non-hydrogen) atoms. The van der Waals surface area contributed by atoms with Crippen LogP contribution in [0.15, 0.2) is 0 Å². The fourth-order valence-corrected chi connectivity index (χ4v) is 3.09. The molecule has 2 heteroatoms. The van der Waals surface area contributed by atoms with Crippen LogP contribution in [0.2, 0.25) is 0 Å². The molecule has 0 saturated heterocycles. The lowest BCUT2D eigenvalue weighted by molar-refractivity contribution is 0.191. The van der Waals surface area contributed by atoms with E-state index in [0.29, 0.717) is 0 Å². The molecule has 2 rings (SSSR count). The lowest BCUT2D eigenvalue weighted by atomic mass is 9.76. The number of nitrogens with one attached hydrogen (secondary N) is 1. The van der Waals surface area contributed by atoms with Gasteiger partial charge in [-0.1, -0.05) is 26.2 Å². The minimum atomic E-state index is 0.288. The summed E-state index contributed by atoms with van der Waals surface area (Å²) in [4.78, 5) is 0. The number of hydrogen-bond acceptors (Lipinski definition) is 2. The van der Waals surface area contributed by atoms with Crippen molar-refractivity contribution in [1.29, 1.82) is 0 Å². The quantitative estimate of drug-likeness (QED) is 0.753. The minimum Gasteiger partial charge on any atom is -0.329 e. The van der Waals surface area contributed by atoms with Crippen LogP contribution in [0.1, 0.15) is 58.3 Å². The van der Waals surface area contributed by atoms with Gasteiger partial charge in [-0.2, -0.15) is 0 Å². The van der Waals surface area contributed by atoms with Crippen LogP contribution in [0, 0.1) is 11.8 Å². The average Bonchev–Trinajstić information content (AvgIpc) is 2.25. The van der Waals surface area contributed by atoms with Crippen molar-refractivity contribution < 1.29 is 0 Å². The molecule has 0 amide bonds. The Balaban J connectivity index is 1.71. The molecule has 0 atom stereocenters. The summed E-state index contributed by atoms with van der Waals surface area (Å²) in [6, 6.07) is 0. The first kappa shape index (κ1) is 12.4. The summed E-state index contributed by atoms with van der Waals surface area (Å²) < 4.78 is 0. The Morgan fingerprint density at radius 3 is 2.38 bits per heavy atom. The van der Waals surface area contributed by atoms with E-state index in [1.807, 2.05) is 0 Å². The monoisotopic (exact) mass is 224 g/mol. The molecule has 94 valence electrons. The van der Waals surface area contributed by atoms with Crippen LogP contribution in [0.4, 0.5) is 0 Å². The first-order valence-corrected chi connectivity index (χ1v) is 7.19. The van der Waals surface area contributed by atoms with E-state index in [1.54, 1.807) is 0 Å². The van der Waals surface area contributed by atoms with Crippen molar-refractivity contribution in [3.05, 3.63) is 0 Å². The highest BCUT2D eigenvalue weighted by Crippen LogP contribution is 2.32. The predicted octanol–water partition coefficient (Wildman–Crippen LogP) is 2.67. The van der Waals surface area contributed by atoms with Crippen LogP contribution in [0.3, 0.4) is 0 Å². The van der Waals surface area contributed by atoms with Gasteiger partial charge < -0.3 is 11.1 Å². The topological polar surface area (TPSA) is 38.0 Å². The minimum absolute atomic E-state index is 0.288. The molecule has 2 fully saturated rings. The summed E-state index contributed by atoms with van der Waals surface area (Å²) in [6.45, 7) is 4.38. The third kappa shape index (κ3) is 2.98. The number of rotatable bonds is 5. The Hall–Kier alpha value is -0.0800. The van der Waals surface area contributed by atoms with Crippen LogP contribution in [0.5, 0.6) is 0 Å². The van der Waals surface area contributed by atoms with Gasteiger partial charge in [-0.3, -0.25) is 0 Å². The zero-order chi connectivity index (χ0) is 11.4. The van der Waals surface area contributed by atoms with Crippen LogP contribution < -0.4 is 11.1 Å². The van der Waals surface area contributed by atoms with Crippen LogP contribution in [-0.4, -0.2) is 18.6 Å². The van der Waals surface area contributed by atoms with Gasteiger partial charge in [0.2, 0.25) is 0 Å². The second kappa shape index (κ2) is 5.50. The summed E-state index contributed by atoms with van der Waals surface area (Å²) in [5.41, 5.74) is 6.27. The van der Waals surface area contributed by atoms with Crippen molar-refractivity contribution in [2.75, 3.05) is 13.1 Å². The molecule has 2 nitrogen and oxygen atoms in total. The number of nitrogens with two attached hydrogens (primary N) is 1. The molecule has 0 radical (unpaired) electrons. The highest BCUT2D eigenvalue weighted by Gasteiger charge is 2.32. The molecule has 0 spiro atoms. The van der Waals surface area contributed by atoms with Crippen LogP contribution >= 0.6 is 0 Å². The van der Waals surface area contributed by atoms with Crippen LogP contribution in [0.25, 0.3) is 0 Å². The summed E-state index contributed by atoms with van der Waals surface area (Å²) in [5, 5.41) is 3.78. The molecule has 0 bridgehead atoms. The van der Waals surface area contributed by atoms with E-state index in [0.717, 1.165) is 18.4 Å². The lowest BCUT2D eigenvalue weighted by Crippen LogP contribution is -2.53. The standard InChI is InChI=1S/C14H28N2/c1-12-5-8-14(11-15,9-6-12)16-10-7-13-3-2-4-13/h12-13,16H,2-11,15H2,1H3. The van der Waals surface area contributed by atoms with Crippen LogP contribution in [-0.2, 0) is 0 Å². The van der Waals surface area contributed by atoms with E-state index in [2.05, 4.69) is 12.2 Å². The molecular weight excluding hydrogens is 196 g/mol. The van der Waals surface area contributed by atoms with Gasteiger partial charge in [0.15, 0.2) is 0 Å². The van der Waals surface area contributed by atoms with E-state index in [1.165, 1.54) is 57.9 Å². The fraction of sp³-hybridized carbons (Fsp3) is 1.00. The first-order valence-electron chi connectivity index (χ1n) is 7.19. The summed E-state index contributed by atoms with van der Waals surface area (Å²) >= 11 is 0. The largest absolute Gasteiger partial charge is 0.329 e. The highest BCUT2D eigenvalue weighted by atomic mass is 15.0. The first-order chi connectivity index (χ1) is 7.74. The maximum Gasteiger partial charge on any atom is 0.0304 e. The summed E-state index contributed by atoms with van der Waals surface area (Å²) in [5.74, 6) is 1.93. The van der Waals surface area contributed by atoms with Gasteiger partial charge >= 0.3 is 0 Å². The van der Waals surface area contributed by atoms with Gasteiger partial charge in [0.05, 0.1) is 0 Å². The molecule has 0 unspecified atom stereocenters. The molecule has 2 aliphatic carbocycles. The second-order valence-corrected chi connectivity index (χ2v) is 6.18. The SMILES string of the molecule is CC1CCC(CN)(NCCC2CCC2)CC1. The third-order valence-electron chi connectivity index (χ3n) is 4.90. The fourth-order valence-electron chi connectivity index (χ4n) is 3.09. The molecule has 0 aliphatic heterocycles. The molecule has 0 aromatic heterocycles. The van der Waals surface area contributed by atoms with Crippen molar-refractivity contribution in [3.8, 4) is 0 Å². The van der Waals surface area contributed by atoms with E-state index < -0.39 is 0 Å². The van der Waals surface area contributed by atoms with Crippen molar-refractivity contribution >= 4 is 0 Å². The van der Waals surface area contributed by atoms with Crippen molar-refractivity contribution in [3.63, 3.8) is 0 Å². The summed E-state index contributed by atoms with van der Waals surface area (Å²) in [6.07, 6.45) is 11.1. The van der Waals surface area contributed by atoms with Crippen molar-refractivity contribution in [2.24, 2.45) is 17.6 Å². The molecule has 2 saturated carbocycles. The smallest absolute Gasteiger partial charge is 0.0304 e. The lowest BCUT2D eigenvalue weighted by Gasteiger charge is -2.40. The van der Waals surface area contributed by atoms with Gasteiger partial charge in [-0.15, -0.1) is 0 Å². The molecule has 0 aromatic carbocycles. The Labute approximate surface area is 100 Å². The van der Waals surface area contributed by atoms with E-state index in [-0.39, 0.29) is 5.54 Å². The maximum atomic E-state index is 5.98. The van der Waals surface area contributed by atoms with E-state index in [4.69, 9.17) is 5.73 Å². The van der Waals surface area contributed by atoms with E-state index in [9.17, 15) is 0 Å². The van der Waals surface area contributed by atoms with E-state index >= 15 is 0 Å². The normalized spacial score (nSPS) is 36.0. The Bertz CT molecular complexity index is 203. The van der Waals surface area contributed by atoms with Gasteiger partial charge in [0.25, 0.3) is 0 Å². The Kier molecular flexibility index (Phi) is 4.26. The molecule has 2 aliphatic rings. The predicted molar refractivity (Wildman–Crippen MR) is 69.4 cm³/mol. The maximum absolute atomic E-state index is 5.98.